The molecule has 0 aliphatic rings. The molecule has 3 rings (SSSR count). The third-order valence-corrected chi connectivity index (χ3v) is 8.18. The van der Waals surface area contributed by atoms with Gasteiger partial charge in [0.25, 0.3) is 0 Å². The zero-order valence-electron chi connectivity index (χ0n) is 23.3. The zero-order valence-corrected chi connectivity index (χ0v) is 25.6. The van der Waals surface area contributed by atoms with Gasteiger partial charge in [-0.05, 0) is 36.8 Å². The summed E-state index contributed by atoms with van der Waals surface area (Å²) in [6.45, 7) is 1.33. The number of benzene rings is 3. The van der Waals surface area contributed by atoms with Crippen molar-refractivity contribution in [2.45, 2.75) is 25.9 Å². The molecule has 0 aliphatic heterocycles. The summed E-state index contributed by atoms with van der Waals surface area (Å²) in [6, 6.07) is 17.8. The minimum atomic E-state index is -4.01. The van der Waals surface area contributed by atoms with Gasteiger partial charge in [-0.2, -0.15) is 0 Å². The van der Waals surface area contributed by atoms with Gasteiger partial charge in [0.05, 0.1) is 26.2 Å². The number of hydrogen-bond acceptors (Lipinski definition) is 6. The highest BCUT2D eigenvalue weighted by atomic mass is 35.5. The highest BCUT2D eigenvalue weighted by molar-refractivity contribution is 7.92. The molecule has 3 aromatic carbocycles. The summed E-state index contributed by atoms with van der Waals surface area (Å²) < 4.78 is 37.7. The molecule has 0 fully saturated rings. The van der Waals surface area contributed by atoms with Crippen molar-refractivity contribution in [3.63, 3.8) is 0 Å². The largest absolute Gasteiger partial charge is 0.497 e. The van der Waals surface area contributed by atoms with Gasteiger partial charge in [0.1, 0.15) is 24.1 Å². The first-order valence-corrected chi connectivity index (χ1v) is 15.3. The van der Waals surface area contributed by atoms with Crippen LogP contribution in [0.15, 0.2) is 66.7 Å². The third kappa shape index (κ3) is 8.28. The Morgan fingerprint density at radius 2 is 1.61 bits per heavy atom. The van der Waals surface area contributed by atoms with Gasteiger partial charge in [-0.25, -0.2) is 8.42 Å². The molecule has 0 unspecified atom stereocenters. The van der Waals surface area contributed by atoms with Crippen LogP contribution in [0.1, 0.15) is 18.1 Å². The third-order valence-electron chi connectivity index (χ3n) is 6.35. The number of carbonyl (C=O) groups is 2. The number of hydrogen-bond donors (Lipinski definition) is 1. The molecule has 1 atom stereocenters. The molecule has 220 valence electrons. The Balaban J connectivity index is 2.14. The van der Waals surface area contributed by atoms with Crippen molar-refractivity contribution >= 4 is 50.7 Å². The summed E-state index contributed by atoms with van der Waals surface area (Å²) >= 11 is 12.9. The second-order valence-electron chi connectivity index (χ2n) is 9.13. The highest BCUT2D eigenvalue weighted by Crippen LogP contribution is 2.34. The van der Waals surface area contributed by atoms with Gasteiger partial charge < -0.3 is 19.7 Å². The molecule has 0 heterocycles. The molecule has 0 aromatic heterocycles. The molecule has 9 nitrogen and oxygen atoms in total. The Bertz CT molecular complexity index is 1450. The average molecular weight is 623 g/mol. The summed E-state index contributed by atoms with van der Waals surface area (Å²) in [6.07, 6.45) is 1.15. The molecule has 3 aromatic rings. The van der Waals surface area contributed by atoms with Crippen LogP contribution < -0.4 is 19.1 Å². The lowest BCUT2D eigenvalue weighted by Gasteiger charge is -2.34. The Morgan fingerprint density at radius 1 is 0.951 bits per heavy atom. The predicted molar refractivity (Wildman–Crippen MR) is 161 cm³/mol. The summed E-state index contributed by atoms with van der Waals surface area (Å²) in [5.74, 6) is -0.471. The minimum Gasteiger partial charge on any atom is -0.497 e. The second kappa shape index (κ2) is 14.4. The lowest BCUT2D eigenvalue weighted by molar-refractivity contribution is -0.140. The number of sulfonamides is 1. The summed E-state index contributed by atoms with van der Waals surface area (Å²) in [5, 5.41) is 3.41. The molecular weight excluding hydrogens is 589 g/mol. The predicted octanol–water partition coefficient (Wildman–Crippen LogP) is 4.55. The van der Waals surface area contributed by atoms with E-state index in [0.29, 0.717) is 27.9 Å². The molecule has 0 aliphatic carbocycles. The van der Waals surface area contributed by atoms with Gasteiger partial charge in [-0.15, -0.1) is 0 Å². The van der Waals surface area contributed by atoms with Crippen LogP contribution in [-0.4, -0.2) is 64.7 Å². The molecule has 0 saturated heterocycles. The fourth-order valence-electron chi connectivity index (χ4n) is 4.29. The Morgan fingerprint density at radius 3 is 2.17 bits per heavy atom. The van der Waals surface area contributed by atoms with E-state index in [1.807, 2.05) is 30.3 Å². The number of halogens is 2. The first kappa shape index (κ1) is 32.0. The lowest BCUT2D eigenvalue weighted by Crippen LogP contribution is -2.53. The van der Waals surface area contributed by atoms with Crippen LogP contribution in [0.4, 0.5) is 5.69 Å². The van der Waals surface area contributed by atoms with Crippen molar-refractivity contribution in [3.8, 4) is 11.5 Å². The fourth-order valence-corrected chi connectivity index (χ4v) is 5.65. The normalized spacial score (nSPS) is 11.9. The van der Waals surface area contributed by atoms with Crippen molar-refractivity contribution in [2.75, 3.05) is 37.9 Å². The van der Waals surface area contributed by atoms with Crippen LogP contribution >= 0.6 is 23.2 Å². The lowest BCUT2D eigenvalue weighted by atomic mass is 10.0. The van der Waals surface area contributed by atoms with E-state index >= 15 is 0 Å². The van der Waals surface area contributed by atoms with Gasteiger partial charge in [-0.3, -0.25) is 13.9 Å². The summed E-state index contributed by atoms with van der Waals surface area (Å²) in [4.78, 5) is 28.9. The number of rotatable bonds is 13. The number of nitrogens with one attached hydrogen (secondary N) is 1. The van der Waals surface area contributed by atoms with Crippen molar-refractivity contribution in [1.82, 2.24) is 10.2 Å². The van der Waals surface area contributed by atoms with Crippen molar-refractivity contribution in [2.24, 2.45) is 0 Å². The maximum atomic E-state index is 14.2. The van der Waals surface area contributed by atoms with Gasteiger partial charge in [0.15, 0.2) is 0 Å². The molecular formula is C29H33Cl2N3O6S. The molecule has 1 N–H and O–H groups in total. The fraction of sp³-hybridized carbons (Fsp3) is 0.310. The van der Waals surface area contributed by atoms with Crippen LogP contribution in [0, 0.1) is 0 Å². The molecule has 0 bridgehead atoms. The van der Waals surface area contributed by atoms with Crippen molar-refractivity contribution in [1.29, 1.82) is 0 Å². The molecule has 2 amide bonds. The number of amides is 2. The Kier molecular flexibility index (Phi) is 11.3. The minimum absolute atomic E-state index is 0.107. The van der Waals surface area contributed by atoms with E-state index in [1.54, 1.807) is 37.3 Å². The summed E-state index contributed by atoms with van der Waals surface area (Å²) in [7, 11) is -1.18. The molecule has 41 heavy (non-hydrogen) atoms. The smallest absolute Gasteiger partial charge is 0.244 e. The number of carbonyl (C=O) groups excluding carboxylic acids is 2. The monoisotopic (exact) mass is 621 g/mol. The standard InChI is InChI=1S/C29H33Cl2N3O6S/c1-5-32-29(36)26(16-20-10-7-6-8-11-20)33(18-22-23(30)12-9-13-24(22)31)28(35)19-34(41(4,37)38)25-17-21(39-2)14-15-27(25)40-3/h6-15,17,26H,5,16,18-19H2,1-4H3,(H,32,36)/t26-/m1/s1. The quantitative estimate of drug-likeness (QED) is 0.300. The van der Waals surface area contributed by atoms with Crippen molar-refractivity contribution < 1.29 is 27.5 Å². The number of anilines is 1. The van der Waals surface area contributed by atoms with E-state index in [4.69, 9.17) is 32.7 Å². The topological polar surface area (TPSA) is 105 Å². The van der Waals surface area contributed by atoms with Crippen LogP contribution in [-0.2, 0) is 32.6 Å². The van der Waals surface area contributed by atoms with Crippen LogP contribution in [0.5, 0.6) is 11.5 Å². The molecule has 12 heteroatoms. The van der Waals surface area contributed by atoms with E-state index in [0.717, 1.165) is 16.1 Å². The van der Waals surface area contributed by atoms with Gasteiger partial charge >= 0.3 is 0 Å². The van der Waals surface area contributed by atoms with Gasteiger partial charge in [0, 0.05) is 41.2 Å². The SMILES string of the molecule is CCNC(=O)[C@@H](Cc1ccccc1)N(Cc1c(Cl)cccc1Cl)C(=O)CN(c1cc(OC)ccc1OC)S(C)(=O)=O. The number of nitrogens with zero attached hydrogens (tertiary/aromatic N) is 2. The number of methoxy groups -OCH3 is 2. The Labute approximate surface area is 251 Å². The maximum Gasteiger partial charge on any atom is 0.244 e. The van der Waals surface area contributed by atoms with E-state index < -0.39 is 34.4 Å². The van der Waals surface area contributed by atoms with Crippen LogP contribution in [0.25, 0.3) is 0 Å². The maximum absolute atomic E-state index is 14.2. The molecule has 0 radical (unpaired) electrons. The first-order chi connectivity index (χ1) is 19.5. The van der Waals surface area contributed by atoms with E-state index in [2.05, 4.69) is 5.32 Å². The second-order valence-corrected chi connectivity index (χ2v) is 11.9. The van der Waals surface area contributed by atoms with Crippen molar-refractivity contribution in [3.05, 3.63) is 87.9 Å². The molecule has 0 spiro atoms. The first-order valence-electron chi connectivity index (χ1n) is 12.7. The van der Waals surface area contributed by atoms with Crippen LogP contribution in [0.3, 0.4) is 0 Å². The van der Waals surface area contributed by atoms with Gasteiger partial charge in [0.2, 0.25) is 21.8 Å². The Hall–Kier alpha value is -3.47. The number of likely N-dealkylation sites (N-methyl/N-ethyl adjacent to an activating group) is 1. The zero-order chi connectivity index (χ0) is 30.2. The summed E-state index contributed by atoms with van der Waals surface area (Å²) in [5.41, 5.74) is 1.34. The highest BCUT2D eigenvalue weighted by Gasteiger charge is 2.34. The molecule has 0 saturated carbocycles. The number of ether oxygens (including phenoxy) is 2. The van der Waals surface area contributed by atoms with Gasteiger partial charge in [-0.1, -0.05) is 59.6 Å². The average Bonchev–Trinajstić information content (AvgIpc) is 2.94. The van der Waals surface area contributed by atoms with Crippen LogP contribution in [0.2, 0.25) is 10.0 Å². The van der Waals surface area contributed by atoms with E-state index in [1.165, 1.54) is 25.2 Å². The van der Waals surface area contributed by atoms with E-state index in [9.17, 15) is 18.0 Å². The van der Waals surface area contributed by atoms with E-state index in [-0.39, 0.29) is 24.4 Å².